The lowest BCUT2D eigenvalue weighted by atomic mass is 10.1. The summed E-state index contributed by atoms with van der Waals surface area (Å²) in [5, 5.41) is 3.00. The van der Waals surface area contributed by atoms with Gasteiger partial charge in [0.15, 0.2) is 11.5 Å². The molecule has 1 aliphatic rings. The summed E-state index contributed by atoms with van der Waals surface area (Å²) >= 11 is 0. The summed E-state index contributed by atoms with van der Waals surface area (Å²) in [6.45, 7) is 1.23. The fourth-order valence-electron chi connectivity index (χ4n) is 2.15. The van der Waals surface area contributed by atoms with Gasteiger partial charge in [-0.15, -0.1) is 25.6 Å². The highest BCUT2D eigenvalue weighted by Gasteiger charge is 2.33. The van der Waals surface area contributed by atoms with E-state index in [9.17, 15) is 13.2 Å². The van der Waals surface area contributed by atoms with Gasteiger partial charge in [-0.2, -0.15) is 0 Å². The van der Waals surface area contributed by atoms with E-state index in [1.54, 1.807) is 6.07 Å². The molecule has 1 saturated heterocycles. The van der Waals surface area contributed by atoms with Crippen LogP contribution < -0.4 is 14.8 Å². The van der Waals surface area contributed by atoms with Crippen LogP contribution in [-0.4, -0.2) is 25.6 Å². The molecule has 0 spiro atoms. The van der Waals surface area contributed by atoms with Crippen molar-refractivity contribution in [3.05, 3.63) is 48.5 Å². The molecule has 2 aromatic carbocycles. The van der Waals surface area contributed by atoms with Crippen molar-refractivity contribution in [2.75, 3.05) is 13.1 Å². The lowest BCUT2D eigenvalue weighted by molar-refractivity contribution is -0.275. The molecule has 7 heteroatoms. The summed E-state index contributed by atoms with van der Waals surface area (Å²) in [7, 11) is 0. The summed E-state index contributed by atoms with van der Waals surface area (Å²) in [6.07, 6.45) is -4.89. The Kier molecular flexibility index (Phi) is 5.38. The number of hydrogen-bond donors (Lipinski definition) is 1. The second-order valence-electron chi connectivity index (χ2n) is 4.97. The van der Waals surface area contributed by atoms with Crippen molar-refractivity contribution in [3.8, 4) is 22.6 Å². The van der Waals surface area contributed by atoms with Gasteiger partial charge >= 0.3 is 6.36 Å². The standard InChI is InChI=1S/C16H14F3NO2.ClH/c17-16(18,19)22-15-8-12(11-4-2-1-3-5-11)6-7-14(15)21-13-9-20-10-13;/h1-8,13,20H,9-10H2;1H. The van der Waals surface area contributed by atoms with Crippen molar-refractivity contribution in [1.82, 2.24) is 5.32 Å². The van der Waals surface area contributed by atoms with Crippen LogP contribution in [0.2, 0.25) is 0 Å². The minimum Gasteiger partial charge on any atom is -0.484 e. The first-order valence-electron chi connectivity index (χ1n) is 6.84. The van der Waals surface area contributed by atoms with Crippen LogP contribution in [0.15, 0.2) is 48.5 Å². The second-order valence-corrected chi connectivity index (χ2v) is 4.97. The Morgan fingerprint density at radius 3 is 2.17 bits per heavy atom. The monoisotopic (exact) mass is 345 g/mol. The first-order valence-corrected chi connectivity index (χ1v) is 6.84. The number of alkyl halides is 3. The zero-order valence-corrected chi connectivity index (χ0v) is 12.8. The highest BCUT2D eigenvalue weighted by molar-refractivity contribution is 5.85. The van der Waals surface area contributed by atoms with Crippen LogP contribution in [0.1, 0.15) is 0 Å². The maximum absolute atomic E-state index is 12.6. The van der Waals surface area contributed by atoms with Crippen molar-refractivity contribution in [3.63, 3.8) is 0 Å². The van der Waals surface area contributed by atoms with E-state index in [2.05, 4.69) is 10.1 Å². The SMILES string of the molecule is Cl.FC(F)(F)Oc1cc(-c2ccccc2)ccc1OC1CNC1. The second kappa shape index (κ2) is 7.10. The number of halogens is 4. The Morgan fingerprint density at radius 1 is 0.913 bits per heavy atom. The predicted molar refractivity (Wildman–Crippen MR) is 83.1 cm³/mol. The fraction of sp³-hybridized carbons (Fsp3) is 0.250. The zero-order chi connectivity index (χ0) is 15.6. The number of nitrogens with one attached hydrogen (secondary N) is 1. The average Bonchev–Trinajstić information content (AvgIpc) is 2.43. The van der Waals surface area contributed by atoms with Gasteiger partial charge in [0, 0.05) is 13.1 Å². The first kappa shape index (κ1) is 17.4. The predicted octanol–water partition coefficient (Wildman–Crippen LogP) is 4.02. The first-order chi connectivity index (χ1) is 10.5. The number of hydrogen-bond acceptors (Lipinski definition) is 3. The summed E-state index contributed by atoms with van der Waals surface area (Å²) in [5.74, 6) is -0.218. The molecule has 0 radical (unpaired) electrons. The van der Waals surface area contributed by atoms with Gasteiger partial charge in [0.1, 0.15) is 6.10 Å². The molecule has 1 aliphatic heterocycles. The molecular weight excluding hydrogens is 331 g/mol. The van der Waals surface area contributed by atoms with E-state index in [1.807, 2.05) is 30.3 Å². The third-order valence-electron chi connectivity index (χ3n) is 3.31. The molecule has 0 atom stereocenters. The molecule has 0 aromatic heterocycles. The highest BCUT2D eigenvalue weighted by Crippen LogP contribution is 2.36. The van der Waals surface area contributed by atoms with Crippen molar-refractivity contribution in [1.29, 1.82) is 0 Å². The van der Waals surface area contributed by atoms with E-state index >= 15 is 0 Å². The third-order valence-corrected chi connectivity index (χ3v) is 3.31. The lowest BCUT2D eigenvalue weighted by Gasteiger charge is -2.28. The fourth-order valence-corrected chi connectivity index (χ4v) is 2.15. The lowest BCUT2D eigenvalue weighted by Crippen LogP contribution is -2.50. The van der Waals surface area contributed by atoms with Gasteiger partial charge in [-0.25, -0.2) is 0 Å². The number of ether oxygens (including phenoxy) is 2. The Bertz CT molecular complexity index is 646. The number of benzene rings is 2. The van der Waals surface area contributed by atoms with Gasteiger partial charge in [-0.1, -0.05) is 36.4 Å². The smallest absolute Gasteiger partial charge is 0.484 e. The topological polar surface area (TPSA) is 30.5 Å². The molecule has 0 unspecified atom stereocenters. The van der Waals surface area contributed by atoms with Gasteiger partial charge in [0.05, 0.1) is 0 Å². The van der Waals surface area contributed by atoms with Gasteiger partial charge in [0.2, 0.25) is 0 Å². The Morgan fingerprint density at radius 2 is 1.61 bits per heavy atom. The molecule has 0 amide bonds. The van der Waals surface area contributed by atoms with Gasteiger partial charge in [-0.3, -0.25) is 0 Å². The van der Waals surface area contributed by atoms with Crippen molar-refractivity contribution < 1.29 is 22.6 Å². The van der Waals surface area contributed by atoms with Gasteiger partial charge < -0.3 is 14.8 Å². The number of rotatable bonds is 4. The Balaban J connectivity index is 0.00000192. The van der Waals surface area contributed by atoms with Gasteiger partial charge in [0.25, 0.3) is 0 Å². The molecule has 1 N–H and O–H groups in total. The summed E-state index contributed by atoms with van der Waals surface area (Å²) < 4.78 is 47.4. The van der Waals surface area contributed by atoms with Crippen LogP contribution in [0.4, 0.5) is 13.2 Å². The summed E-state index contributed by atoms with van der Waals surface area (Å²) in [5.41, 5.74) is 1.45. The van der Waals surface area contributed by atoms with E-state index in [1.165, 1.54) is 12.1 Å². The summed E-state index contributed by atoms with van der Waals surface area (Å²) in [4.78, 5) is 0. The molecule has 3 rings (SSSR count). The zero-order valence-electron chi connectivity index (χ0n) is 12.0. The normalized spacial score (nSPS) is 14.6. The van der Waals surface area contributed by atoms with E-state index < -0.39 is 6.36 Å². The largest absolute Gasteiger partial charge is 0.573 e. The van der Waals surface area contributed by atoms with E-state index in [4.69, 9.17) is 4.74 Å². The van der Waals surface area contributed by atoms with Crippen LogP contribution in [-0.2, 0) is 0 Å². The van der Waals surface area contributed by atoms with Crippen molar-refractivity contribution in [2.24, 2.45) is 0 Å². The molecule has 23 heavy (non-hydrogen) atoms. The summed E-state index contributed by atoms with van der Waals surface area (Å²) in [6, 6.07) is 13.7. The molecule has 1 heterocycles. The Labute approximate surface area is 137 Å². The van der Waals surface area contributed by atoms with E-state index in [0.29, 0.717) is 18.7 Å². The molecule has 3 nitrogen and oxygen atoms in total. The maximum atomic E-state index is 12.6. The molecular formula is C16H15ClF3NO2. The van der Waals surface area contributed by atoms with Crippen LogP contribution in [0, 0.1) is 0 Å². The molecule has 124 valence electrons. The van der Waals surface area contributed by atoms with Crippen molar-refractivity contribution >= 4 is 12.4 Å². The van der Waals surface area contributed by atoms with Crippen molar-refractivity contribution in [2.45, 2.75) is 12.5 Å². The van der Waals surface area contributed by atoms with Gasteiger partial charge in [-0.05, 0) is 23.3 Å². The van der Waals surface area contributed by atoms with Crippen LogP contribution in [0.25, 0.3) is 11.1 Å². The van der Waals surface area contributed by atoms with Crippen LogP contribution in [0.3, 0.4) is 0 Å². The van der Waals surface area contributed by atoms with Crippen LogP contribution >= 0.6 is 12.4 Å². The van der Waals surface area contributed by atoms with E-state index in [0.717, 1.165) is 5.56 Å². The minimum atomic E-state index is -4.76. The maximum Gasteiger partial charge on any atom is 0.573 e. The Hall–Kier alpha value is -1.92. The quantitative estimate of drug-likeness (QED) is 0.907. The van der Waals surface area contributed by atoms with E-state index in [-0.39, 0.29) is 30.0 Å². The molecule has 0 saturated carbocycles. The van der Waals surface area contributed by atoms with Crippen LogP contribution in [0.5, 0.6) is 11.5 Å². The molecule has 1 fully saturated rings. The third kappa shape index (κ3) is 4.53. The highest BCUT2D eigenvalue weighted by atomic mass is 35.5. The molecule has 0 aliphatic carbocycles. The molecule has 0 bridgehead atoms. The minimum absolute atomic E-state index is 0. The molecule has 2 aromatic rings. The average molecular weight is 346 g/mol.